The van der Waals surface area contributed by atoms with Crippen molar-refractivity contribution < 1.29 is 9.53 Å². The number of hydrogen-bond acceptors (Lipinski definition) is 2. The van der Waals surface area contributed by atoms with E-state index in [4.69, 9.17) is 4.74 Å². The summed E-state index contributed by atoms with van der Waals surface area (Å²) in [6.07, 6.45) is 0. The molecule has 0 bridgehead atoms. The van der Waals surface area contributed by atoms with E-state index < -0.39 is 0 Å². The third-order valence-corrected chi connectivity index (χ3v) is 3.33. The normalized spacial score (nSPS) is 10.2. The van der Waals surface area contributed by atoms with Gasteiger partial charge in [-0.3, -0.25) is 4.79 Å². The Morgan fingerprint density at radius 2 is 1.70 bits per heavy atom. The Hall–Kier alpha value is -2.29. The molecule has 20 heavy (non-hydrogen) atoms. The number of ether oxygens (including phenoxy) is 1. The first kappa shape index (κ1) is 14.1. The lowest BCUT2D eigenvalue weighted by atomic mass is 10.1. The van der Waals surface area contributed by atoms with Crippen LogP contribution in [-0.4, -0.2) is 12.5 Å². The van der Waals surface area contributed by atoms with E-state index in [2.05, 4.69) is 5.32 Å². The molecule has 0 atom stereocenters. The minimum absolute atomic E-state index is 0.0125. The molecule has 104 valence electrons. The van der Waals surface area contributed by atoms with Gasteiger partial charge in [-0.25, -0.2) is 0 Å². The smallest absolute Gasteiger partial charge is 0.262 e. The second kappa shape index (κ2) is 6.24. The Bertz CT molecular complexity index is 620. The number of benzene rings is 2. The first-order valence-electron chi connectivity index (χ1n) is 6.62. The van der Waals surface area contributed by atoms with Crippen molar-refractivity contribution in [1.29, 1.82) is 0 Å². The van der Waals surface area contributed by atoms with E-state index in [1.54, 1.807) is 0 Å². The standard InChI is InChI=1S/C17H19NO2/c1-12-8-6-10-16(14(12)3)20-11-17(19)18-15-9-5-4-7-13(15)2/h4-10H,11H2,1-3H3,(H,18,19). The molecule has 3 heteroatoms. The fourth-order valence-corrected chi connectivity index (χ4v) is 1.92. The second-order valence-corrected chi connectivity index (χ2v) is 4.85. The zero-order valence-corrected chi connectivity index (χ0v) is 12.1. The maximum Gasteiger partial charge on any atom is 0.262 e. The van der Waals surface area contributed by atoms with Crippen molar-refractivity contribution in [3.8, 4) is 5.75 Å². The number of para-hydroxylation sites is 1. The molecule has 3 nitrogen and oxygen atoms in total. The molecule has 0 heterocycles. The van der Waals surface area contributed by atoms with Gasteiger partial charge in [0.15, 0.2) is 6.61 Å². The summed E-state index contributed by atoms with van der Waals surface area (Å²) in [5, 5.41) is 2.85. The largest absolute Gasteiger partial charge is 0.483 e. The minimum Gasteiger partial charge on any atom is -0.483 e. The second-order valence-electron chi connectivity index (χ2n) is 4.85. The van der Waals surface area contributed by atoms with Crippen LogP contribution < -0.4 is 10.1 Å². The van der Waals surface area contributed by atoms with Crippen molar-refractivity contribution in [2.24, 2.45) is 0 Å². The zero-order chi connectivity index (χ0) is 14.5. The van der Waals surface area contributed by atoms with Gasteiger partial charge >= 0.3 is 0 Å². The molecule has 2 aromatic rings. The molecule has 0 saturated heterocycles. The lowest BCUT2D eigenvalue weighted by Crippen LogP contribution is -2.20. The van der Waals surface area contributed by atoms with Gasteiger partial charge in [0.25, 0.3) is 5.91 Å². The van der Waals surface area contributed by atoms with Crippen LogP contribution in [0.25, 0.3) is 0 Å². The number of carbonyl (C=O) groups is 1. The Kier molecular flexibility index (Phi) is 4.41. The van der Waals surface area contributed by atoms with Crippen molar-refractivity contribution in [3.05, 3.63) is 59.2 Å². The molecule has 2 rings (SSSR count). The highest BCUT2D eigenvalue weighted by molar-refractivity contribution is 5.92. The van der Waals surface area contributed by atoms with E-state index in [-0.39, 0.29) is 12.5 Å². The van der Waals surface area contributed by atoms with Crippen LogP contribution in [0.3, 0.4) is 0 Å². The topological polar surface area (TPSA) is 38.3 Å². The highest BCUT2D eigenvalue weighted by Crippen LogP contribution is 2.20. The maximum atomic E-state index is 11.9. The van der Waals surface area contributed by atoms with Gasteiger partial charge in [-0.2, -0.15) is 0 Å². The van der Waals surface area contributed by atoms with E-state index >= 15 is 0 Å². The molecule has 0 aliphatic heterocycles. The molecule has 0 unspecified atom stereocenters. The monoisotopic (exact) mass is 269 g/mol. The summed E-state index contributed by atoms with van der Waals surface area (Å²) in [5.74, 6) is 0.602. The van der Waals surface area contributed by atoms with Crippen molar-refractivity contribution in [2.45, 2.75) is 20.8 Å². The fraction of sp³-hybridized carbons (Fsp3) is 0.235. The third kappa shape index (κ3) is 3.38. The van der Waals surface area contributed by atoms with Crippen LogP contribution in [0.1, 0.15) is 16.7 Å². The molecule has 0 fully saturated rings. The summed E-state index contributed by atoms with van der Waals surface area (Å²) in [4.78, 5) is 11.9. The van der Waals surface area contributed by atoms with Crippen LogP contribution in [0.5, 0.6) is 5.75 Å². The van der Waals surface area contributed by atoms with Gasteiger partial charge in [0.1, 0.15) is 5.75 Å². The van der Waals surface area contributed by atoms with Gasteiger partial charge in [0, 0.05) is 5.69 Å². The fourth-order valence-electron chi connectivity index (χ4n) is 1.92. The summed E-state index contributed by atoms with van der Waals surface area (Å²) in [7, 11) is 0. The average molecular weight is 269 g/mol. The van der Waals surface area contributed by atoms with Crippen molar-refractivity contribution in [1.82, 2.24) is 0 Å². The molecule has 0 aliphatic carbocycles. The van der Waals surface area contributed by atoms with Gasteiger partial charge in [-0.1, -0.05) is 30.3 Å². The molecular formula is C17H19NO2. The molecule has 0 radical (unpaired) electrons. The number of hydrogen-bond donors (Lipinski definition) is 1. The molecule has 1 amide bonds. The van der Waals surface area contributed by atoms with E-state index in [1.807, 2.05) is 63.2 Å². The van der Waals surface area contributed by atoms with Crippen LogP contribution in [0.2, 0.25) is 0 Å². The van der Waals surface area contributed by atoms with Crippen LogP contribution >= 0.6 is 0 Å². The Balaban J connectivity index is 1.96. The van der Waals surface area contributed by atoms with Crippen molar-refractivity contribution in [2.75, 3.05) is 11.9 Å². The van der Waals surface area contributed by atoms with Crippen LogP contribution in [0, 0.1) is 20.8 Å². The van der Waals surface area contributed by atoms with Gasteiger partial charge < -0.3 is 10.1 Å². The molecule has 0 aromatic heterocycles. The number of anilines is 1. The number of rotatable bonds is 4. The predicted molar refractivity (Wildman–Crippen MR) is 81.2 cm³/mol. The summed E-state index contributed by atoms with van der Waals surface area (Å²) in [5.41, 5.74) is 4.08. The summed E-state index contributed by atoms with van der Waals surface area (Å²) in [6, 6.07) is 13.5. The van der Waals surface area contributed by atoms with E-state index in [1.165, 1.54) is 0 Å². The average Bonchev–Trinajstić information content (AvgIpc) is 2.43. The molecule has 1 N–H and O–H groups in total. The molecule has 0 aliphatic rings. The first-order valence-corrected chi connectivity index (χ1v) is 6.62. The predicted octanol–water partition coefficient (Wildman–Crippen LogP) is 3.63. The summed E-state index contributed by atoms with van der Waals surface area (Å²) >= 11 is 0. The number of nitrogens with one attached hydrogen (secondary N) is 1. The SMILES string of the molecule is Cc1ccccc1NC(=O)COc1cccc(C)c1C. The highest BCUT2D eigenvalue weighted by atomic mass is 16.5. The molecule has 0 spiro atoms. The summed E-state index contributed by atoms with van der Waals surface area (Å²) in [6.45, 7) is 5.99. The third-order valence-electron chi connectivity index (χ3n) is 3.33. The minimum atomic E-state index is -0.153. The lowest BCUT2D eigenvalue weighted by Gasteiger charge is -2.12. The van der Waals surface area contributed by atoms with Gasteiger partial charge in [-0.05, 0) is 49.6 Å². The molecular weight excluding hydrogens is 250 g/mol. The zero-order valence-electron chi connectivity index (χ0n) is 12.1. The van der Waals surface area contributed by atoms with E-state index in [0.29, 0.717) is 0 Å². The highest BCUT2D eigenvalue weighted by Gasteiger charge is 2.07. The lowest BCUT2D eigenvalue weighted by molar-refractivity contribution is -0.118. The van der Waals surface area contributed by atoms with Crippen LogP contribution in [-0.2, 0) is 4.79 Å². The van der Waals surface area contributed by atoms with Gasteiger partial charge in [0.2, 0.25) is 0 Å². The maximum absolute atomic E-state index is 11.9. The van der Waals surface area contributed by atoms with Crippen molar-refractivity contribution in [3.63, 3.8) is 0 Å². The summed E-state index contributed by atoms with van der Waals surface area (Å²) < 4.78 is 5.58. The number of carbonyl (C=O) groups excluding carboxylic acids is 1. The first-order chi connectivity index (χ1) is 9.58. The molecule has 2 aromatic carbocycles. The van der Waals surface area contributed by atoms with Gasteiger partial charge in [0.05, 0.1) is 0 Å². The van der Waals surface area contributed by atoms with Crippen LogP contribution in [0.4, 0.5) is 5.69 Å². The Morgan fingerprint density at radius 1 is 1.00 bits per heavy atom. The van der Waals surface area contributed by atoms with E-state index in [9.17, 15) is 4.79 Å². The van der Waals surface area contributed by atoms with Gasteiger partial charge in [-0.15, -0.1) is 0 Å². The van der Waals surface area contributed by atoms with Crippen molar-refractivity contribution >= 4 is 11.6 Å². The van der Waals surface area contributed by atoms with E-state index in [0.717, 1.165) is 28.1 Å². The Morgan fingerprint density at radius 3 is 2.45 bits per heavy atom. The number of aryl methyl sites for hydroxylation is 2. The molecule has 0 saturated carbocycles. The Labute approximate surface area is 119 Å². The quantitative estimate of drug-likeness (QED) is 0.920. The number of amides is 1. The van der Waals surface area contributed by atoms with Crippen LogP contribution in [0.15, 0.2) is 42.5 Å².